The van der Waals surface area contributed by atoms with E-state index in [9.17, 15) is 4.79 Å². The highest BCUT2D eigenvalue weighted by Gasteiger charge is 2.43. The van der Waals surface area contributed by atoms with Crippen LogP contribution in [0.1, 0.15) is 29.7 Å². The fourth-order valence-corrected chi connectivity index (χ4v) is 4.14. The molecule has 3 rings (SSSR count). The minimum atomic E-state index is -0.709. The summed E-state index contributed by atoms with van der Waals surface area (Å²) >= 11 is 8.02. The molecule has 1 N–H and O–H groups in total. The number of carbonyl (C=O) groups is 1. The van der Waals surface area contributed by atoms with Gasteiger partial charge in [0.2, 0.25) is 0 Å². The van der Waals surface area contributed by atoms with Crippen LogP contribution in [-0.4, -0.2) is 12.8 Å². The van der Waals surface area contributed by atoms with Crippen molar-refractivity contribution >= 4 is 34.8 Å². The van der Waals surface area contributed by atoms with Crippen LogP contribution >= 0.6 is 22.9 Å². The minimum absolute atomic E-state index is 0.141. The maximum atomic E-state index is 13.2. The van der Waals surface area contributed by atoms with E-state index in [1.54, 1.807) is 11.3 Å². The van der Waals surface area contributed by atoms with Crippen LogP contribution in [0.15, 0.2) is 47.4 Å². The van der Waals surface area contributed by atoms with Gasteiger partial charge < -0.3 is 5.32 Å². The Hall–Kier alpha value is -1.42. The number of hydrogen-bond donors (Lipinski definition) is 1. The Morgan fingerprint density at radius 2 is 2.09 bits per heavy atom. The second kappa shape index (κ2) is 6.37. The van der Waals surface area contributed by atoms with E-state index < -0.39 is 5.54 Å². The summed E-state index contributed by atoms with van der Waals surface area (Å²) in [6, 6.07) is 11.7. The smallest absolute Gasteiger partial charge is 0.183 e. The lowest BCUT2D eigenvalue weighted by Gasteiger charge is -2.37. The molecule has 1 aliphatic carbocycles. The summed E-state index contributed by atoms with van der Waals surface area (Å²) in [6.45, 7) is 0. The van der Waals surface area contributed by atoms with E-state index in [4.69, 9.17) is 11.6 Å². The maximum absolute atomic E-state index is 13.2. The zero-order valence-electron chi connectivity index (χ0n) is 12.4. The maximum Gasteiger partial charge on any atom is 0.183 e. The summed E-state index contributed by atoms with van der Waals surface area (Å²) in [6.07, 6.45) is 4.59. The Bertz CT molecular complexity index is 708. The number of thiophene rings is 1. The topological polar surface area (TPSA) is 29.1 Å². The zero-order chi connectivity index (χ0) is 15.6. The van der Waals surface area contributed by atoms with Gasteiger partial charge >= 0.3 is 0 Å². The first-order valence-corrected chi connectivity index (χ1v) is 8.66. The highest BCUT2D eigenvalue weighted by atomic mass is 35.5. The average Bonchev–Trinajstić information content (AvgIpc) is 3.04. The third-order valence-electron chi connectivity index (χ3n) is 4.30. The molecular weight excluding hydrogens is 314 g/mol. The highest BCUT2D eigenvalue weighted by Crippen LogP contribution is 2.40. The van der Waals surface area contributed by atoms with Crippen LogP contribution in [-0.2, 0) is 10.3 Å². The summed E-state index contributed by atoms with van der Waals surface area (Å²) in [7, 11) is 1.84. The summed E-state index contributed by atoms with van der Waals surface area (Å²) in [5, 5.41) is 5.93. The Morgan fingerprint density at radius 1 is 1.27 bits per heavy atom. The summed E-state index contributed by atoms with van der Waals surface area (Å²) in [5.41, 5.74) is 1.04. The number of Topliss-reactive ketones (excluding diaryl/α,β-unsaturated/α-hetero) is 1. The van der Waals surface area contributed by atoms with E-state index in [0.29, 0.717) is 5.02 Å². The highest BCUT2D eigenvalue weighted by molar-refractivity contribution is 7.10. The molecule has 1 fully saturated rings. The predicted molar refractivity (Wildman–Crippen MR) is 93.3 cm³/mol. The molecule has 0 aliphatic heterocycles. The van der Waals surface area contributed by atoms with Gasteiger partial charge in [-0.05, 0) is 61.0 Å². The summed E-state index contributed by atoms with van der Waals surface area (Å²) < 4.78 is 0. The van der Waals surface area contributed by atoms with Crippen LogP contribution in [0.3, 0.4) is 0 Å². The first kappa shape index (κ1) is 15.5. The van der Waals surface area contributed by atoms with Crippen LogP contribution < -0.4 is 5.32 Å². The largest absolute Gasteiger partial charge is 0.304 e. The first-order chi connectivity index (χ1) is 10.7. The van der Waals surface area contributed by atoms with Gasteiger partial charge in [0.1, 0.15) is 5.54 Å². The fraction of sp³-hybridized carbons (Fsp3) is 0.278. The number of carbonyl (C=O) groups excluding carboxylic acids is 1. The SMILES string of the molecule is CNC1(c2ccccc2Cl)CCC/C(=C\c2cccs2)C1=O. The third kappa shape index (κ3) is 2.65. The normalized spacial score (nSPS) is 23.9. The van der Waals surface area contributed by atoms with Gasteiger partial charge in [-0.1, -0.05) is 35.9 Å². The third-order valence-corrected chi connectivity index (χ3v) is 5.45. The molecule has 0 amide bonds. The number of halogens is 1. The molecule has 2 nitrogen and oxygen atoms in total. The monoisotopic (exact) mass is 331 g/mol. The van der Waals surface area contributed by atoms with Gasteiger partial charge in [-0.3, -0.25) is 4.79 Å². The molecule has 1 aromatic carbocycles. The van der Waals surface area contributed by atoms with Crippen molar-refractivity contribution < 1.29 is 4.79 Å². The standard InChI is InChI=1S/C18H18ClNOS/c1-20-18(15-8-2-3-9-16(15)19)10-4-6-13(17(18)21)12-14-7-5-11-22-14/h2-3,5,7-9,11-12,20H,4,6,10H2,1H3/b13-12+. The summed E-state index contributed by atoms with van der Waals surface area (Å²) in [5.74, 6) is 0.141. The number of nitrogens with one attached hydrogen (secondary N) is 1. The van der Waals surface area contributed by atoms with Crippen molar-refractivity contribution in [3.8, 4) is 0 Å². The first-order valence-electron chi connectivity index (χ1n) is 7.40. The van der Waals surface area contributed by atoms with E-state index in [0.717, 1.165) is 35.3 Å². The molecule has 114 valence electrons. The number of benzene rings is 1. The average molecular weight is 332 g/mol. The van der Waals surface area contributed by atoms with Crippen molar-refractivity contribution in [2.24, 2.45) is 0 Å². The Kier molecular flexibility index (Phi) is 4.48. The molecule has 1 unspecified atom stereocenters. The number of rotatable bonds is 3. The van der Waals surface area contributed by atoms with Crippen molar-refractivity contribution in [1.82, 2.24) is 5.32 Å². The quantitative estimate of drug-likeness (QED) is 0.829. The number of likely N-dealkylation sites (N-methyl/N-ethyl adjacent to an activating group) is 1. The lowest BCUT2D eigenvalue weighted by Crippen LogP contribution is -2.50. The van der Waals surface area contributed by atoms with Crippen molar-refractivity contribution in [3.05, 3.63) is 62.8 Å². The Labute approximate surface area is 139 Å². The second-order valence-corrected chi connectivity index (χ2v) is 6.89. The van der Waals surface area contributed by atoms with Gasteiger partial charge in [0.05, 0.1) is 0 Å². The molecule has 2 aromatic rings. The van der Waals surface area contributed by atoms with Crippen molar-refractivity contribution in [1.29, 1.82) is 0 Å². The molecule has 1 saturated carbocycles. The fourth-order valence-electron chi connectivity index (χ4n) is 3.17. The number of hydrogen-bond acceptors (Lipinski definition) is 3. The molecule has 1 heterocycles. The van der Waals surface area contributed by atoms with Crippen LogP contribution in [0.2, 0.25) is 5.02 Å². The van der Waals surface area contributed by atoms with Crippen molar-refractivity contribution in [2.75, 3.05) is 7.05 Å². The molecule has 22 heavy (non-hydrogen) atoms. The van der Waals surface area contributed by atoms with E-state index in [1.807, 2.05) is 54.9 Å². The van der Waals surface area contributed by atoms with Gasteiger partial charge in [-0.2, -0.15) is 0 Å². The van der Waals surface area contributed by atoms with Crippen LogP contribution in [0.25, 0.3) is 6.08 Å². The van der Waals surface area contributed by atoms with Crippen molar-refractivity contribution in [3.63, 3.8) is 0 Å². The molecule has 1 aromatic heterocycles. The second-order valence-electron chi connectivity index (χ2n) is 5.50. The van der Waals surface area contributed by atoms with Crippen LogP contribution in [0.5, 0.6) is 0 Å². The number of ketones is 1. The molecule has 1 atom stereocenters. The minimum Gasteiger partial charge on any atom is -0.304 e. The van der Waals surface area contributed by atoms with Crippen LogP contribution in [0, 0.1) is 0 Å². The van der Waals surface area contributed by atoms with Gasteiger partial charge in [0.25, 0.3) is 0 Å². The van der Waals surface area contributed by atoms with Gasteiger partial charge in [-0.25, -0.2) is 0 Å². The van der Waals surface area contributed by atoms with E-state index in [-0.39, 0.29) is 5.78 Å². The Morgan fingerprint density at radius 3 is 2.77 bits per heavy atom. The Balaban J connectivity index is 2.05. The van der Waals surface area contributed by atoms with E-state index in [2.05, 4.69) is 5.32 Å². The van der Waals surface area contributed by atoms with E-state index >= 15 is 0 Å². The summed E-state index contributed by atoms with van der Waals surface area (Å²) in [4.78, 5) is 14.3. The molecule has 4 heteroatoms. The molecular formula is C18H18ClNOS. The van der Waals surface area contributed by atoms with Gasteiger partial charge in [0.15, 0.2) is 5.78 Å². The van der Waals surface area contributed by atoms with Gasteiger partial charge in [0, 0.05) is 9.90 Å². The predicted octanol–water partition coefficient (Wildman–Crippen LogP) is 4.65. The molecule has 0 saturated heterocycles. The zero-order valence-corrected chi connectivity index (χ0v) is 14.0. The molecule has 0 bridgehead atoms. The molecule has 1 aliphatic rings. The molecule has 0 radical (unpaired) electrons. The lowest BCUT2D eigenvalue weighted by molar-refractivity contribution is -0.123. The van der Waals surface area contributed by atoms with Crippen LogP contribution in [0.4, 0.5) is 0 Å². The van der Waals surface area contributed by atoms with Gasteiger partial charge in [-0.15, -0.1) is 11.3 Å². The van der Waals surface area contributed by atoms with Crippen molar-refractivity contribution in [2.45, 2.75) is 24.8 Å². The molecule has 0 spiro atoms. The lowest BCUT2D eigenvalue weighted by atomic mass is 9.73. The van der Waals surface area contributed by atoms with E-state index in [1.165, 1.54) is 0 Å².